The molecule has 0 unspecified atom stereocenters. The topological polar surface area (TPSA) is 68.9 Å². The molecule has 124 valence electrons. The summed E-state index contributed by atoms with van der Waals surface area (Å²) in [6, 6.07) is 4.89. The maximum absolute atomic E-state index is 12.4. The van der Waals surface area contributed by atoms with Crippen LogP contribution in [-0.2, 0) is 6.42 Å². The summed E-state index contributed by atoms with van der Waals surface area (Å²) in [5.74, 6) is 0.631. The lowest BCUT2D eigenvalue weighted by molar-refractivity contribution is -0.0512. The first-order chi connectivity index (χ1) is 10.2. The maximum atomic E-state index is 12.4. The first kappa shape index (κ1) is 18.0. The second-order valence-electron chi connectivity index (χ2n) is 5.76. The molecule has 7 heteroatoms. The number of alkyl halides is 2. The zero-order valence-corrected chi connectivity index (χ0v) is 13.3. The molecule has 0 aliphatic carbocycles. The molecule has 1 rings (SSSR count). The van der Waals surface area contributed by atoms with Crippen molar-refractivity contribution in [1.29, 1.82) is 0 Å². The zero-order chi connectivity index (χ0) is 16.8. The number of methoxy groups -OCH3 is 1. The fourth-order valence-electron chi connectivity index (χ4n) is 1.79. The van der Waals surface area contributed by atoms with Gasteiger partial charge in [-0.1, -0.05) is 6.07 Å². The van der Waals surface area contributed by atoms with E-state index in [4.69, 9.17) is 10.5 Å². The highest BCUT2D eigenvalue weighted by atomic mass is 19.3. The van der Waals surface area contributed by atoms with Gasteiger partial charge in [0.25, 0.3) is 0 Å². The normalized spacial score (nSPS) is 12.4. The van der Waals surface area contributed by atoms with E-state index in [0.717, 1.165) is 5.56 Å². The summed E-state index contributed by atoms with van der Waals surface area (Å²) in [4.78, 5) is 4.20. The largest absolute Gasteiger partial charge is 0.493 e. The molecule has 3 N–H and O–H groups in total. The van der Waals surface area contributed by atoms with Gasteiger partial charge in [-0.3, -0.25) is 4.99 Å². The van der Waals surface area contributed by atoms with Gasteiger partial charge in [0.1, 0.15) is 0 Å². The highest BCUT2D eigenvalue weighted by Gasteiger charge is 2.12. The average Bonchev–Trinajstić information content (AvgIpc) is 2.36. The van der Waals surface area contributed by atoms with Crippen LogP contribution in [0.3, 0.4) is 0 Å². The zero-order valence-electron chi connectivity index (χ0n) is 13.3. The van der Waals surface area contributed by atoms with Crippen LogP contribution < -0.4 is 20.5 Å². The van der Waals surface area contributed by atoms with E-state index in [-0.39, 0.29) is 17.0 Å². The van der Waals surface area contributed by atoms with Gasteiger partial charge in [0.2, 0.25) is 0 Å². The van der Waals surface area contributed by atoms with E-state index in [0.29, 0.717) is 18.9 Å². The number of hydrogen-bond acceptors (Lipinski definition) is 3. The van der Waals surface area contributed by atoms with Gasteiger partial charge in [0.05, 0.1) is 7.11 Å². The van der Waals surface area contributed by atoms with Crippen molar-refractivity contribution in [3.05, 3.63) is 23.8 Å². The number of nitrogens with zero attached hydrogens (tertiary/aromatic N) is 1. The van der Waals surface area contributed by atoms with Crippen LogP contribution in [0.15, 0.2) is 23.2 Å². The van der Waals surface area contributed by atoms with E-state index < -0.39 is 6.61 Å². The Bertz CT molecular complexity index is 514. The summed E-state index contributed by atoms with van der Waals surface area (Å²) >= 11 is 0. The number of ether oxygens (including phenoxy) is 2. The number of benzene rings is 1. The van der Waals surface area contributed by atoms with Crippen molar-refractivity contribution < 1.29 is 18.3 Å². The van der Waals surface area contributed by atoms with Crippen molar-refractivity contribution in [3.63, 3.8) is 0 Å². The van der Waals surface area contributed by atoms with Gasteiger partial charge >= 0.3 is 6.61 Å². The van der Waals surface area contributed by atoms with E-state index in [2.05, 4.69) is 15.0 Å². The van der Waals surface area contributed by atoms with Crippen LogP contribution in [0, 0.1) is 0 Å². The predicted octanol–water partition coefficient (Wildman–Crippen LogP) is 2.54. The number of rotatable bonds is 6. The van der Waals surface area contributed by atoms with Crippen LogP contribution in [-0.4, -0.2) is 31.8 Å². The fourth-order valence-corrected chi connectivity index (χ4v) is 1.79. The van der Waals surface area contributed by atoms with Crippen molar-refractivity contribution in [2.45, 2.75) is 39.3 Å². The first-order valence-electron chi connectivity index (χ1n) is 6.91. The lowest BCUT2D eigenvalue weighted by Crippen LogP contribution is -2.45. The molecule has 0 fully saturated rings. The van der Waals surface area contributed by atoms with Gasteiger partial charge in [-0.15, -0.1) is 0 Å². The summed E-state index contributed by atoms with van der Waals surface area (Å²) in [6.45, 7) is 3.48. The van der Waals surface area contributed by atoms with Crippen LogP contribution in [0.2, 0.25) is 0 Å². The smallest absolute Gasteiger partial charge is 0.387 e. The number of guanidine groups is 1. The molecule has 0 saturated carbocycles. The fraction of sp³-hybridized carbons (Fsp3) is 0.533. The van der Waals surface area contributed by atoms with Crippen LogP contribution in [0.5, 0.6) is 11.5 Å². The lowest BCUT2D eigenvalue weighted by atomic mass is 10.1. The Morgan fingerprint density at radius 3 is 2.55 bits per heavy atom. The van der Waals surface area contributed by atoms with Crippen molar-refractivity contribution >= 4 is 5.96 Å². The summed E-state index contributed by atoms with van der Waals surface area (Å²) in [7, 11) is 1.40. The molecule has 0 heterocycles. The number of hydrogen-bond donors (Lipinski definition) is 2. The van der Waals surface area contributed by atoms with Crippen LogP contribution >= 0.6 is 0 Å². The van der Waals surface area contributed by atoms with Crippen molar-refractivity contribution in [2.24, 2.45) is 10.7 Å². The summed E-state index contributed by atoms with van der Waals surface area (Å²) in [5, 5.41) is 3.04. The Kier molecular flexibility index (Phi) is 6.39. The Morgan fingerprint density at radius 1 is 1.32 bits per heavy atom. The number of aliphatic imine (C=N–C) groups is 1. The SMILES string of the molecule is COc1ccc(CCN=C(N)NC(C)(C)C)cc1OC(F)F. The molecule has 22 heavy (non-hydrogen) atoms. The molecule has 0 atom stereocenters. The third-order valence-electron chi connectivity index (χ3n) is 2.63. The van der Waals surface area contributed by atoms with Crippen molar-refractivity contribution in [2.75, 3.05) is 13.7 Å². The van der Waals surface area contributed by atoms with Gasteiger partial charge in [0.15, 0.2) is 17.5 Å². The van der Waals surface area contributed by atoms with Crippen LogP contribution in [0.1, 0.15) is 26.3 Å². The molecule has 1 aromatic carbocycles. The quantitative estimate of drug-likeness (QED) is 0.625. The summed E-state index contributed by atoms with van der Waals surface area (Å²) < 4.78 is 34.1. The highest BCUT2D eigenvalue weighted by molar-refractivity contribution is 5.78. The van der Waals surface area contributed by atoms with E-state index in [1.807, 2.05) is 20.8 Å². The Hall–Kier alpha value is -2.05. The average molecular weight is 315 g/mol. The molecule has 0 saturated heterocycles. The molecule has 0 aliphatic heterocycles. The monoisotopic (exact) mass is 315 g/mol. The number of nitrogens with one attached hydrogen (secondary N) is 1. The molecule has 5 nitrogen and oxygen atoms in total. The van der Waals surface area contributed by atoms with Gasteiger partial charge in [-0.05, 0) is 44.9 Å². The Morgan fingerprint density at radius 2 is 2.00 bits per heavy atom. The Labute approximate surface area is 129 Å². The number of halogens is 2. The molecule has 0 bridgehead atoms. The first-order valence-corrected chi connectivity index (χ1v) is 6.91. The maximum Gasteiger partial charge on any atom is 0.387 e. The van der Waals surface area contributed by atoms with Gasteiger partial charge in [-0.25, -0.2) is 0 Å². The minimum Gasteiger partial charge on any atom is -0.493 e. The van der Waals surface area contributed by atoms with Crippen LogP contribution in [0.4, 0.5) is 8.78 Å². The lowest BCUT2D eigenvalue weighted by Gasteiger charge is -2.21. The second-order valence-corrected chi connectivity index (χ2v) is 5.76. The molecule has 0 spiro atoms. The van der Waals surface area contributed by atoms with Crippen molar-refractivity contribution in [3.8, 4) is 11.5 Å². The predicted molar refractivity (Wildman–Crippen MR) is 82.7 cm³/mol. The Balaban J connectivity index is 2.68. The minimum atomic E-state index is -2.89. The molecule has 0 aromatic heterocycles. The van der Waals surface area contributed by atoms with Gasteiger partial charge in [-0.2, -0.15) is 8.78 Å². The van der Waals surface area contributed by atoms with Gasteiger partial charge in [0, 0.05) is 12.1 Å². The number of nitrogens with two attached hydrogens (primary N) is 1. The van der Waals surface area contributed by atoms with E-state index >= 15 is 0 Å². The van der Waals surface area contributed by atoms with Gasteiger partial charge < -0.3 is 20.5 Å². The van der Waals surface area contributed by atoms with Crippen LogP contribution in [0.25, 0.3) is 0 Å². The molecule has 0 amide bonds. The molecule has 0 radical (unpaired) electrons. The molecule has 0 aliphatic rings. The summed E-state index contributed by atoms with van der Waals surface area (Å²) in [6.07, 6.45) is 0.552. The van der Waals surface area contributed by atoms with Crippen molar-refractivity contribution in [1.82, 2.24) is 5.32 Å². The molecule has 1 aromatic rings. The standard InChI is InChI=1S/C15H23F2N3O2/c1-15(2,3)20-14(18)19-8-7-10-5-6-11(21-4)12(9-10)22-13(16)17/h5-6,9,13H,7-8H2,1-4H3,(H3,18,19,20). The molecular weight excluding hydrogens is 292 g/mol. The summed E-state index contributed by atoms with van der Waals surface area (Å²) in [5.41, 5.74) is 6.41. The van der Waals surface area contributed by atoms with E-state index in [1.54, 1.807) is 12.1 Å². The second kappa shape index (κ2) is 7.82. The third-order valence-corrected chi connectivity index (χ3v) is 2.63. The molecular formula is C15H23F2N3O2. The minimum absolute atomic E-state index is 0.0137. The van der Waals surface area contributed by atoms with E-state index in [9.17, 15) is 8.78 Å². The third kappa shape index (κ3) is 6.60. The van der Waals surface area contributed by atoms with E-state index in [1.165, 1.54) is 13.2 Å². The highest BCUT2D eigenvalue weighted by Crippen LogP contribution is 2.29.